The van der Waals surface area contributed by atoms with E-state index >= 15 is 0 Å². The van der Waals surface area contributed by atoms with Crippen molar-refractivity contribution in [1.82, 2.24) is 20.6 Å². The standard InChI is InChI=1S/C21H18N4O4/c26-20(14-8-9-18-19(10-14)29-12-28-18)22-23-21(27)17-11-16(13-6-7-13)24-25(17)15-4-2-1-3-5-15/h1-5,8-11,13H,6-7,12H2,(H,22,26)(H,23,27). The largest absolute Gasteiger partial charge is 0.454 e. The molecule has 2 aliphatic rings. The first-order valence-electron chi connectivity index (χ1n) is 9.35. The Bertz CT molecular complexity index is 1090. The Morgan fingerprint density at radius 3 is 2.48 bits per heavy atom. The molecule has 2 amide bonds. The molecule has 5 rings (SSSR count). The van der Waals surface area contributed by atoms with Crippen molar-refractivity contribution in [3.8, 4) is 17.2 Å². The zero-order chi connectivity index (χ0) is 19.8. The second-order valence-electron chi connectivity index (χ2n) is 6.95. The van der Waals surface area contributed by atoms with Crippen LogP contribution in [0.4, 0.5) is 0 Å². The summed E-state index contributed by atoms with van der Waals surface area (Å²) in [6, 6.07) is 16.1. The van der Waals surface area contributed by atoms with Crippen LogP contribution in [0.25, 0.3) is 5.69 Å². The summed E-state index contributed by atoms with van der Waals surface area (Å²) < 4.78 is 12.1. The summed E-state index contributed by atoms with van der Waals surface area (Å²) in [5.41, 5.74) is 7.31. The van der Waals surface area contributed by atoms with Crippen molar-refractivity contribution in [2.45, 2.75) is 18.8 Å². The smallest absolute Gasteiger partial charge is 0.288 e. The second kappa shape index (κ2) is 6.97. The summed E-state index contributed by atoms with van der Waals surface area (Å²) in [4.78, 5) is 25.2. The Morgan fingerprint density at radius 1 is 0.931 bits per heavy atom. The predicted molar refractivity (Wildman–Crippen MR) is 103 cm³/mol. The number of para-hydroxylation sites is 1. The Balaban J connectivity index is 1.33. The monoisotopic (exact) mass is 390 g/mol. The first-order chi connectivity index (χ1) is 14.2. The van der Waals surface area contributed by atoms with Crippen molar-refractivity contribution >= 4 is 11.8 Å². The number of hydrazine groups is 1. The molecule has 2 heterocycles. The number of fused-ring (bicyclic) bond motifs is 1. The van der Waals surface area contributed by atoms with Crippen molar-refractivity contribution < 1.29 is 19.1 Å². The fourth-order valence-electron chi connectivity index (χ4n) is 3.19. The number of ether oxygens (including phenoxy) is 2. The zero-order valence-corrected chi connectivity index (χ0v) is 15.4. The average molecular weight is 390 g/mol. The minimum absolute atomic E-state index is 0.129. The highest BCUT2D eigenvalue weighted by molar-refractivity contribution is 5.99. The lowest BCUT2D eigenvalue weighted by Gasteiger charge is -2.10. The summed E-state index contributed by atoms with van der Waals surface area (Å²) in [5.74, 6) is 0.590. The minimum Gasteiger partial charge on any atom is -0.454 e. The van der Waals surface area contributed by atoms with Gasteiger partial charge in [0, 0.05) is 11.5 Å². The van der Waals surface area contributed by atoms with E-state index in [4.69, 9.17) is 9.47 Å². The summed E-state index contributed by atoms with van der Waals surface area (Å²) in [7, 11) is 0. The molecule has 2 N–H and O–H groups in total. The van der Waals surface area contributed by atoms with Crippen LogP contribution in [0.1, 0.15) is 45.3 Å². The Labute approximate surface area is 166 Å². The second-order valence-corrected chi connectivity index (χ2v) is 6.95. The van der Waals surface area contributed by atoms with Crippen LogP contribution in [0, 0.1) is 0 Å². The average Bonchev–Trinajstić information content (AvgIpc) is 3.33. The number of nitrogens with zero attached hydrogens (tertiary/aromatic N) is 2. The van der Waals surface area contributed by atoms with Gasteiger partial charge in [-0.3, -0.25) is 20.4 Å². The maximum atomic E-state index is 12.8. The van der Waals surface area contributed by atoms with E-state index in [0.29, 0.717) is 28.7 Å². The molecule has 0 unspecified atom stereocenters. The molecule has 3 aromatic rings. The molecule has 1 aliphatic heterocycles. The quantitative estimate of drug-likeness (QED) is 0.668. The third kappa shape index (κ3) is 3.40. The molecule has 0 bridgehead atoms. The van der Waals surface area contributed by atoms with E-state index < -0.39 is 11.8 Å². The molecule has 29 heavy (non-hydrogen) atoms. The van der Waals surface area contributed by atoms with Crippen LogP contribution in [0.3, 0.4) is 0 Å². The summed E-state index contributed by atoms with van der Waals surface area (Å²) in [5, 5.41) is 4.60. The molecule has 2 aromatic carbocycles. The lowest BCUT2D eigenvalue weighted by molar-refractivity contribution is 0.0842. The Hall–Kier alpha value is -3.81. The highest BCUT2D eigenvalue weighted by atomic mass is 16.7. The normalized spacial score (nSPS) is 14.5. The molecule has 0 radical (unpaired) electrons. The van der Waals surface area contributed by atoms with E-state index in [9.17, 15) is 9.59 Å². The molecular weight excluding hydrogens is 372 g/mol. The molecule has 8 heteroatoms. The maximum Gasteiger partial charge on any atom is 0.288 e. The van der Waals surface area contributed by atoms with Crippen molar-refractivity contribution in [2.75, 3.05) is 6.79 Å². The van der Waals surface area contributed by atoms with E-state index in [1.54, 1.807) is 28.9 Å². The number of hydrogen-bond acceptors (Lipinski definition) is 5. The molecular formula is C21H18N4O4. The third-order valence-corrected chi connectivity index (χ3v) is 4.88. The van der Waals surface area contributed by atoms with E-state index in [1.165, 1.54) is 0 Å². The number of aromatic nitrogens is 2. The lowest BCUT2D eigenvalue weighted by atomic mass is 10.2. The molecule has 1 saturated carbocycles. The zero-order valence-electron chi connectivity index (χ0n) is 15.4. The van der Waals surface area contributed by atoms with Gasteiger partial charge in [0.1, 0.15) is 5.69 Å². The lowest BCUT2D eigenvalue weighted by Crippen LogP contribution is -2.42. The van der Waals surface area contributed by atoms with Crippen LogP contribution in [0.15, 0.2) is 54.6 Å². The number of amides is 2. The van der Waals surface area contributed by atoms with E-state index in [2.05, 4.69) is 16.0 Å². The predicted octanol–water partition coefficient (Wildman–Crippen LogP) is 2.55. The minimum atomic E-state index is -0.454. The highest BCUT2D eigenvalue weighted by Crippen LogP contribution is 2.39. The number of nitrogens with one attached hydrogen (secondary N) is 2. The summed E-state index contributed by atoms with van der Waals surface area (Å²) in [6.45, 7) is 0.129. The number of carbonyl (C=O) groups excluding carboxylic acids is 2. The molecule has 0 saturated heterocycles. The van der Waals surface area contributed by atoms with Crippen LogP contribution in [0.5, 0.6) is 11.5 Å². The first kappa shape index (κ1) is 17.3. The van der Waals surface area contributed by atoms with Crippen molar-refractivity contribution in [1.29, 1.82) is 0 Å². The number of hydrogen-bond donors (Lipinski definition) is 2. The van der Waals surface area contributed by atoms with Crippen LogP contribution in [0.2, 0.25) is 0 Å². The van der Waals surface area contributed by atoms with Gasteiger partial charge in [0.15, 0.2) is 11.5 Å². The molecule has 146 valence electrons. The van der Waals surface area contributed by atoms with E-state index in [-0.39, 0.29) is 6.79 Å². The molecule has 1 aromatic heterocycles. The SMILES string of the molecule is O=C(NNC(=O)c1cc(C2CC2)nn1-c1ccccc1)c1ccc2c(c1)OCO2. The van der Waals surface area contributed by atoms with Crippen LogP contribution in [-0.4, -0.2) is 28.4 Å². The summed E-state index contributed by atoms with van der Waals surface area (Å²) >= 11 is 0. The van der Waals surface area contributed by atoms with Gasteiger partial charge >= 0.3 is 0 Å². The van der Waals surface area contributed by atoms with Gasteiger partial charge < -0.3 is 9.47 Å². The van der Waals surface area contributed by atoms with Crippen molar-refractivity contribution in [3.05, 3.63) is 71.5 Å². The first-order valence-corrected chi connectivity index (χ1v) is 9.35. The maximum absolute atomic E-state index is 12.8. The molecule has 8 nitrogen and oxygen atoms in total. The number of benzene rings is 2. The number of carbonyl (C=O) groups is 2. The van der Waals surface area contributed by atoms with Gasteiger partial charge in [0.2, 0.25) is 6.79 Å². The molecule has 1 fully saturated rings. The van der Waals surface area contributed by atoms with Gasteiger partial charge in [-0.15, -0.1) is 0 Å². The Kier molecular flexibility index (Phi) is 4.16. The van der Waals surface area contributed by atoms with Gasteiger partial charge in [-0.1, -0.05) is 18.2 Å². The topological polar surface area (TPSA) is 94.5 Å². The van der Waals surface area contributed by atoms with Crippen molar-refractivity contribution in [2.24, 2.45) is 0 Å². The van der Waals surface area contributed by atoms with Gasteiger partial charge in [0.25, 0.3) is 11.8 Å². The molecule has 0 spiro atoms. The van der Waals surface area contributed by atoms with Crippen LogP contribution < -0.4 is 20.3 Å². The molecule has 1 aliphatic carbocycles. The van der Waals surface area contributed by atoms with E-state index in [0.717, 1.165) is 24.2 Å². The summed E-state index contributed by atoms with van der Waals surface area (Å²) in [6.07, 6.45) is 2.15. The number of rotatable bonds is 4. The van der Waals surface area contributed by atoms with Crippen LogP contribution >= 0.6 is 0 Å². The highest BCUT2D eigenvalue weighted by Gasteiger charge is 2.29. The third-order valence-electron chi connectivity index (χ3n) is 4.88. The fraction of sp³-hybridized carbons (Fsp3) is 0.190. The Morgan fingerprint density at radius 2 is 1.69 bits per heavy atom. The van der Waals surface area contributed by atoms with Gasteiger partial charge in [-0.05, 0) is 49.2 Å². The molecule has 0 atom stereocenters. The van der Waals surface area contributed by atoms with Gasteiger partial charge in [-0.2, -0.15) is 5.10 Å². The van der Waals surface area contributed by atoms with Gasteiger partial charge in [-0.25, -0.2) is 4.68 Å². The van der Waals surface area contributed by atoms with Crippen molar-refractivity contribution in [3.63, 3.8) is 0 Å². The van der Waals surface area contributed by atoms with E-state index in [1.807, 2.05) is 30.3 Å². The fourth-order valence-corrected chi connectivity index (χ4v) is 3.19. The van der Waals surface area contributed by atoms with Gasteiger partial charge in [0.05, 0.1) is 11.4 Å². The van der Waals surface area contributed by atoms with Crippen LogP contribution in [-0.2, 0) is 0 Å².